The molecule has 0 saturated carbocycles. The van der Waals surface area contributed by atoms with E-state index in [2.05, 4.69) is 14.1 Å². The number of carbonyl (C=O) groups is 1. The molecule has 0 aliphatic carbocycles. The quantitative estimate of drug-likeness (QED) is 0.663. The van der Waals surface area contributed by atoms with Crippen molar-refractivity contribution >= 4 is 46.5 Å². The second kappa shape index (κ2) is 7.82. The number of benzene rings is 2. The SMILES string of the molecule is Cc1nsnc1COc1ccc(C(=O)Nc2ccc(Cl)cc2Cl)cc1. The van der Waals surface area contributed by atoms with Crippen LogP contribution in [0.4, 0.5) is 5.69 Å². The number of anilines is 1. The van der Waals surface area contributed by atoms with Gasteiger partial charge in [-0.2, -0.15) is 8.75 Å². The van der Waals surface area contributed by atoms with Crippen LogP contribution in [0.1, 0.15) is 21.7 Å². The molecule has 0 spiro atoms. The number of hydrogen-bond acceptors (Lipinski definition) is 5. The predicted octanol–water partition coefficient (Wildman–Crippen LogP) is 4.98. The predicted molar refractivity (Wildman–Crippen MR) is 99.8 cm³/mol. The molecule has 3 aromatic rings. The van der Waals surface area contributed by atoms with Crippen LogP contribution in [0.5, 0.6) is 5.75 Å². The molecule has 5 nitrogen and oxygen atoms in total. The summed E-state index contributed by atoms with van der Waals surface area (Å²) >= 11 is 13.1. The Labute approximate surface area is 158 Å². The first-order chi connectivity index (χ1) is 12.0. The molecule has 1 N–H and O–H groups in total. The van der Waals surface area contributed by atoms with Crippen LogP contribution in [-0.2, 0) is 6.61 Å². The van der Waals surface area contributed by atoms with Gasteiger partial charge in [-0.15, -0.1) is 0 Å². The topological polar surface area (TPSA) is 64.1 Å². The first kappa shape index (κ1) is 17.7. The molecule has 2 aromatic carbocycles. The maximum atomic E-state index is 12.3. The molecule has 0 unspecified atom stereocenters. The lowest BCUT2D eigenvalue weighted by atomic mass is 10.2. The number of nitrogens with one attached hydrogen (secondary N) is 1. The van der Waals surface area contributed by atoms with E-state index >= 15 is 0 Å². The first-order valence-corrected chi connectivity index (χ1v) is 8.79. The largest absolute Gasteiger partial charge is 0.487 e. The van der Waals surface area contributed by atoms with Gasteiger partial charge in [0.2, 0.25) is 0 Å². The van der Waals surface area contributed by atoms with Crippen LogP contribution in [0.25, 0.3) is 0 Å². The van der Waals surface area contributed by atoms with Crippen LogP contribution in [0, 0.1) is 6.92 Å². The fourth-order valence-electron chi connectivity index (χ4n) is 2.02. The van der Waals surface area contributed by atoms with Gasteiger partial charge in [-0.25, -0.2) is 0 Å². The third-order valence-electron chi connectivity index (χ3n) is 3.42. The van der Waals surface area contributed by atoms with Gasteiger partial charge in [0, 0.05) is 10.6 Å². The Morgan fingerprint density at radius 1 is 1.16 bits per heavy atom. The molecule has 0 aliphatic heterocycles. The van der Waals surface area contributed by atoms with Crippen molar-refractivity contribution in [1.82, 2.24) is 8.75 Å². The van der Waals surface area contributed by atoms with E-state index in [9.17, 15) is 4.79 Å². The molecular weight excluding hydrogens is 381 g/mol. The Kier molecular flexibility index (Phi) is 5.53. The average Bonchev–Trinajstić information content (AvgIpc) is 3.01. The van der Waals surface area contributed by atoms with E-state index in [-0.39, 0.29) is 5.91 Å². The minimum Gasteiger partial charge on any atom is -0.487 e. The van der Waals surface area contributed by atoms with E-state index in [0.29, 0.717) is 33.7 Å². The van der Waals surface area contributed by atoms with E-state index < -0.39 is 0 Å². The smallest absolute Gasteiger partial charge is 0.255 e. The molecule has 0 atom stereocenters. The zero-order valence-electron chi connectivity index (χ0n) is 13.1. The molecule has 3 rings (SSSR count). The van der Waals surface area contributed by atoms with Crippen LogP contribution in [0.3, 0.4) is 0 Å². The van der Waals surface area contributed by atoms with Crippen LogP contribution in [0.15, 0.2) is 42.5 Å². The Morgan fingerprint density at radius 2 is 1.92 bits per heavy atom. The maximum absolute atomic E-state index is 12.3. The molecule has 0 fully saturated rings. The molecule has 0 bridgehead atoms. The van der Waals surface area contributed by atoms with Gasteiger partial charge in [-0.1, -0.05) is 23.2 Å². The van der Waals surface area contributed by atoms with E-state index in [0.717, 1.165) is 23.1 Å². The number of nitrogens with zero attached hydrogens (tertiary/aromatic N) is 2. The molecule has 8 heteroatoms. The lowest BCUT2D eigenvalue weighted by Crippen LogP contribution is -2.12. The molecule has 1 amide bonds. The van der Waals surface area contributed by atoms with Gasteiger partial charge in [0.05, 0.1) is 28.1 Å². The number of carbonyl (C=O) groups excluding carboxylic acids is 1. The number of hydrogen-bond donors (Lipinski definition) is 1. The van der Waals surface area contributed by atoms with Crippen LogP contribution in [0.2, 0.25) is 10.0 Å². The number of halogens is 2. The number of ether oxygens (including phenoxy) is 1. The molecular formula is C17H13Cl2N3O2S. The highest BCUT2D eigenvalue weighted by atomic mass is 35.5. The summed E-state index contributed by atoms with van der Waals surface area (Å²) in [5.41, 5.74) is 2.66. The summed E-state index contributed by atoms with van der Waals surface area (Å²) in [7, 11) is 0. The third-order valence-corrected chi connectivity index (χ3v) is 4.62. The van der Waals surface area contributed by atoms with Crippen molar-refractivity contribution in [3.05, 3.63) is 69.5 Å². The lowest BCUT2D eigenvalue weighted by Gasteiger charge is -2.09. The zero-order chi connectivity index (χ0) is 17.8. The van der Waals surface area contributed by atoms with Crippen molar-refractivity contribution in [3.63, 3.8) is 0 Å². The molecule has 0 saturated heterocycles. The second-order valence-corrected chi connectivity index (χ2v) is 6.56. The monoisotopic (exact) mass is 393 g/mol. The fraction of sp³-hybridized carbons (Fsp3) is 0.118. The van der Waals surface area contributed by atoms with Crippen molar-refractivity contribution in [2.75, 3.05) is 5.32 Å². The number of rotatable bonds is 5. The van der Waals surface area contributed by atoms with Gasteiger partial charge in [0.25, 0.3) is 5.91 Å². The molecule has 25 heavy (non-hydrogen) atoms. The molecule has 1 aromatic heterocycles. The Morgan fingerprint density at radius 3 is 2.56 bits per heavy atom. The van der Waals surface area contributed by atoms with Gasteiger partial charge in [-0.05, 0) is 49.4 Å². The highest BCUT2D eigenvalue weighted by molar-refractivity contribution is 6.99. The van der Waals surface area contributed by atoms with Crippen molar-refractivity contribution < 1.29 is 9.53 Å². The Balaban J connectivity index is 1.63. The van der Waals surface area contributed by atoms with Gasteiger partial charge in [0.1, 0.15) is 18.1 Å². The van der Waals surface area contributed by atoms with Crippen molar-refractivity contribution in [1.29, 1.82) is 0 Å². The fourth-order valence-corrected chi connectivity index (χ4v) is 3.03. The highest BCUT2D eigenvalue weighted by Gasteiger charge is 2.10. The third kappa shape index (κ3) is 4.48. The van der Waals surface area contributed by atoms with Gasteiger partial charge in [-0.3, -0.25) is 4.79 Å². The summed E-state index contributed by atoms with van der Waals surface area (Å²) in [5, 5.41) is 3.64. The second-order valence-electron chi connectivity index (χ2n) is 5.19. The van der Waals surface area contributed by atoms with E-state index in [1.54, 1.807) is 42.5 Å². The highest BCUT2D eigenvalue weighted by Crippen LogP contribution is 2.26. The Hall–Kier alpha value is -2.15. The first-order valence-electron chi connectivity index (χ1n) is 7.30. The zero-order valence-corrected chi connectivity index (χ0v) is 15.5. The van der Waals surface area contributed by atoms with E-state index in [4.69, 9.17) is 27.9 Å². The van der Waals surface area contributed by atoms with E-state index in [1.165, 1.54) is 0 Å². The van der Waals surface area contributed by atoms with Gasteiger partial charge in [0.15, 0.2) is 0 Å². The minimum absolute atomic E-state index is 0.268. The summed E-state index contributed by atoms with van der Waals surface area (Å²) in [6, 6.07) is 11.7. The standard InChI is InChI=1S/C17H13Cl2N3O2S/c1-10-16(22-25-21-10)9-24-13-5-2-11(3-6-13)17(23)20-15-7-4-12(18)8-14(15)19/h2-8H,9H2,1H3,(H,20,23). The molecule has 0 aliphatic rings. The Bertz CT molecular complexity index is 897. The molecule has 1 heterocycles. The van der Waals surface area contributed by atoms with Gasteiger partial charge >= 0.3 is 0 Å². The summed E-state index contributed by atoms with van der Waals surface area (Å²) in [6.45, 7) is 2.23. The number of amides is 1. The summed E-state index contributed by atoms with van der Waals surface area (Å²) in [4.78, 5) is 12.3. The van der Waals surface area contributed by atoms with Crippen LogP contribution < -0.4 is 10.1 Å². The normalized spacial score (nSPS) is 10.5. The molecule has 128 valence electrons. The van der Waals surface area contributed by atoms with Crippen LogP contribution in [-0.4, -0.2) is 14.7 Å². The van der Waals surface area contributed by atoms with Crippen molar-refractivity contribution in [2.45, 2.75) is 13.5 Å². The van der Waals surface area contributed by atoms with Gasteiger partial charge < -0.3 is 10.1 Å². The molecule has 0 radical (unpaired) electrons. The summed E-state index contributed by atoms with van der Waals surface area (Å²) < 4.78 is 13.9. The summed E-state index contributed by atoms with van der Waals surface area (Å²) in [5.74, 6) is 0.379. The summed E-state index contributed by atoms with van der Waals surface area (Å²) in [6.07, 6.45) is 0. The minimum atomic E-state index is -0.268. The van der Waals surface area contributed by atoms with Crippen LogP contribution >= 0.6 is 34.9 Å². The van der Waals surface area contributed by atoms with Crippen molar-refractivity contribution in [3.8, 4) is 5.75 Å². The maximum Gasteiger partial charge on any atom is 0.255 e. The average molecular weight is 394 g/mol. The van der Waals surface area contributed by atoms with E-state index in [1.807, 2.05) is 6.92 Å². The number of aromatic nitrogens is 2. The number of aryl methyl sites for hydroxylation is 1. The lowest BCUT2D eigenvalue weighted by molar-refractivity contribution is 0.102. The van der Waals surface area contributed by atoms with Crippen molar-refractivity contribution in [2.24, 2.45) is 0 Å².